The van der Waals surface area contributed by atoms with E-state index in [4.69, 9.17) is 25.3 Å². The Labute approximate surface area is 262 Å². The van der Waals surface area contributed by atoms with Gasteiger partial charge < -0.3 is 25.2 Å². The third-order valence-corrected chi connectivity index (χ3v) is 9.74. The van der Waals surface area contributed by atoms with Gasteiger partial charge >= 0.3 is 5.97 Å². The molecule has 0 unspecified atom stereocenters. The Morgan fingerprint density at radius 2 is 1.87 bits per heavy atom. The van der Waals surface area contributed by atoms with Gasteiger partial charge in [-0.1, -0.05) is 12.1 Å². The average Bonchev–Trinajstić information content (AvgIpc) is 3.71. The molecule has 45 heavy (non-hydrogen) atoms. The summed E-state index contributed by atoms with van der Waals surface area (Å²) in [5, 5.41) is 10.3. The van der Waals surface area contributed by atoms with Crippen molar-refractivity contribution in [2.75, 3.05) is 26.3 Å². The Morgan fingerprint density at radius 3 is 2.62 bits per heavy atom. The summed E-state index contributed by atoms with van der Waals surface area (Å²) < 4.78 is 11.9. The number of fused-ring (bicyclic) bond motifs is 2. The highest BCUT2D eigenvalue weighted by atomic mass is 16.5. The molecule has 1 aromatic heterocycles. The van der Waals surface area contributed by atoms with E-state index in [0.717, 1.165) is 57.7 Å². The number of aliphatic carboxylic acids is 1. The van der Waals surface area contributed by atoms with Crippen LogP contribution in [0.25, 0.3) is 10.9 Å². The molecule has 10 heteroatoms. The lowest BCUT2D eigenvalue weighted by Crippen LogP contribution is -2.45. The summed E-state index contributed by atoms with van der Waals surface area (Å²) in [7, 11) is 0. The van der Waals surface area contributed by atoms with Crippen LogP contribution in [-0.4, -0.2) is 76.1 Å². The van der Waals surface area contributed by atoms with E-state index in [1.165, 1.54) is 45.5 Å². The van der Waals surface area contributed by atoms with E-state index in [0.29, 0.717) is 23.1 Å². The van der Waals surface area contributed by atoms with Crippen molar-refractivity contribution in [1.82, 2.24) is 14.8 Å². The Bertz CT molecular complexity index is 1630. The molecule has 3 aliphatic heterocycles. The highest BCUT2D eigenvalue weighted by molar-refractivity contribution is 6.01. The van der Waals surface area contributed by atoms with Crippen molar-refractivity contribution in [2.45, 2.75) is 82.0 Å². The van der Waals surface area contributed by atoms with Gasteiger partial charge in [0.1, 0.15) is 17.9 Å². The number of likely N-dealkylation sites (tertiary alicyclic amines) is 1. The van der Waals surface area contributed by atoms with Gasteiger partial charge in [0.15, 0.2) is 0 Å². The monoisotopic (exact) mass is 612 g/mol. The van der Waals surface area contributed by atoms with Crippen molar-refractivity contribution < 1.29 is 29.0 Å². The summed E-state index contributed by atoms with van der Waals surface area (Å²) >= 11 is 0. The number of amides is 2. The number of rotatable bonds is 11. The van der Waals surface area contributed by atoms with Gasteiger partial charge in [-0.05, 0) is 91.5 Å². The normalized spacial score (nSPS) is 21.3. The van der Waals surface area contributed by atoms with Gasteiger partial charge in [-0.2, -0.15) is 0 Å². The summed E-state index contributed by atoms with van der Waals surface area (Å²) in [6.07, 6.45) is 5.22. The third kappa shape index (κ3) is 6.39. The molecule has 0 radical (unpaired) electrons. The molecule has 3 N–H and O–H groups in total. The second kappa shape index (κ2) is 12.4. The topological polar surface area (TPSA) is 135 Å². The Hall–Kier alpha value is -4.02. The molecule has 2 aromatic carbocycles. The zero-order chi connectivity index (χ0) is 31.1. The number of primary amides is 1. The predicted octanol–water partition coefficient (Wildman–Crippen LogP) is 4.33. The van der Waals surface area contributed by atoms with Gasteiger partial charge in [-0.25, -0.2) is 0 Å². The van der Waals surface area contributed by atoms with Gasteiger partial charge in [0, 0.05) is 68.4 Å². The van der Waals surface area contributed by atoms with Gasteiger partial charge in [0.2, 0.25) is 5.91 Å². The van der Waals surface area contributed by atoms with E-state index >= 15 is 0 Å². The number of hydrogen-bond acceptors (Lipinski definition) is 7. The van der Waals surface area contributed by atoms with Crippen molar-refractivity contribution in [3.63, 3.8) is 0 Å². The third-order valence-electron chi connectivity index (χ3n) is 9.74. The maximum Gasteiger partial charge on any atom is 0.303 e. The number of carboxylic acid groups (broad SMARTS) is 1. The van der Waals surface area contributed by atoms with Crippen LogP contribution in [0, 0.1) is 0 Å². The van der Waals surface area contributed by atoms with Crippen LogP contribution >= 0.6 is 0 Å². The van der Waals surface area contributed by atoms with E-state index in [1.54, 1.807) is 12.1 Å². The van der Waals surface area contributed by atoms with Gasteiger partial charge in [-0.15, -0.1) is 0 Å². The van der Waals surface area contributed by atoms with E-state index in [9.17, 15) is 14.4 Å². The molecule has 4 aliphatic rings. The minimum Gasteiger partial charge on any atom is -0.489 e. The lowest BCUT2D eigenvalue weighted by Gasteiger charge is -2.24. The highest BCUT2D eigenvalue weighted by Gasteiger charge is 2.36. The minimum absolute atomic E-state index is 0.0150. The number of benzene rings is 2. The SMILES string of the molecule is NC(=O)[C@H](CCC(=O)O)N1Cc2cc(O[C@H]3CCN(Cc4cc(C5CC5)c5nc(C6CCOCC6)ccc5c4)C3)ccc2C1=O. The quantitative estimate of drug-likeness (QED) is 0.327. The Balaban J connectivity index is 1.00. The lowest BCUT2D eigenvalue weighted by molar-refractivity contribution is -0.137. The van der Waals surface area contributed by atoms with Crippen molar-refractivity contribution in [3.05, 3.63) is 70.4 Å². The van der Waals surface area contributed by atoms with Crippen LogP contribution in [0.3, 0.4) is 0 Å². The highest BCUT2D eigenvalue weighted by Crippen LogP contribution is 2.44. The second-order valence-electron chi connectivity index (χ2n) is 13.0. The molecule has 2 atom stereocenters. The number of pyridine rings is 1. The summed E-state index contributed by atoms with van der Waals surface area (Å²) in [6.45, 7) is 4.43. The molecule has 0 bridgehead atoms. The lowest BCUT2D eigenvalue weighted by atomic mass is 9.94. The fraction of sp³-hybridized carbons (Fsp3) is 0.486. The van der Waals surface area contributed by atoms with Crippen molar-refractivity contribution >= 4 is 28.7 Å². The number of nitrogens with two attached hydrogens (primary N) is 1. The van der Waals surface area contributed by atoms with E-state index in [1.807, 2.05) is 6.07 Å². The van der Waals surface area contributed by atoms with Gasteiger partial charge in [0.25, 0.3) is 5.91 Å². The first-order chi connectivity index (χ1) is 21.8. The van der Waals surface area contributed by atoms with Crippen LogP contribution in [-0.2, 0) is 27.4 Å². The van der Waals surface area contributed by atoms with Crippen molar-refractivity contribution in [3.8, 4) is 5.75 Å². The van der Waals surface area contributed by atoms with Gasteiger partial charge in [-0.3, -0.25) is 24.3 Å². The predicted molar refractivity (Wildman–Crippen MR) is 167 cm³/mol. The first-order valence-electron chi connectivity index (χ1n) is 16.2. The first-order valence-corrected chi connectivity index (χ1v) is 16.2. The summed E-state index contributed by atoms with van der Waals surface area (Å²) in [4.78, 5) is 45.1. The van der Waals surface area contributed by atoms with E-state index < -0.39 is 17.9 Å². The van der Waals surface area contributed by atoms with E-state index in [-0.39, 0.29) is 31.4 Å². The molecule has 2 saturated heterocycles. The van der Waals surface area contributed by atoms with Crippen LogP contribution in [0.5, 0.6) is 5.75 Å². The maximum atomic E-state index is 13.0. The van der Waals surface area contributed by atoms with Crippen LogP contribution in [0.1, 0.15) is 89.5 Å². The smallest absolute Gasteiger partial charge is 0.303 e. The van der Waals surface area contributed by atoms with Crippen LogP contribution < -0.4 is 10.5 Å². The van der Waals surface area contributed by atoms with Crippen LogP contribution in [0.4, 0.5) is 0 Å². The maximum absolute atomic E-state index is 13.0. The summed E-state index contributed by atoms with van der Waals surface area (Å²) in [5.41, 5.74) is 11.9. The molecule has 0 spiro atoms. The molecule has 7 rings (SSSR count). The molecule has 2 amide bonds. The first kappa shape index (κ1) is 29.7. The minimum atomic E-state index is -1.03. The standard InChI is InChI=1S/C35H40N4O6/c36-34(42)31(7-8-32(40)41)39-19-25-17-26(4-5-28(25)35(39)43)45-27-9-12-38(20-27)18-21-15-24-3-6-30(23-10-13-44-14-11-23)37-33(24)29(16-21)22-1-2-22/h3-6,15-17,22-23,27,31H,1-2,7-14,18-20H2,(H2,36,42)(H,40,41)/t27-,31-/m0/s1. The van der Waals surface area contributed by atoms with Gasteiger partial charge in [0.05, 0.1) is 5.52 Å². The molecule has 236 valence electrons. The fourth-order valence-electron chi connectivity index (χ4n) is 7.20. The fourth-order valence-corrected chi connectivity index (χ4v) is 7.20. The largest absolute Gasteiger partial charge is 0.489 e. The zero-order valence-electron chi connectivity index (χ0n) is 25.5. The van der Waals surface area contributed by atoms with Crippen LogP contribution in [0.15, 0.2) is 42.5 Å². The summed E-state index contributed by atoms with van der Waals surface area (Å²) in [5.74, 6) is -0.271. The molecule has 1 aliphatic carbocycles. The average molecular weight is 613 g/mol. The number of aromatic nitrogens is 1. The molecule has 3 aromatic rings. The molecule has 4 heterocycles. The molecule has 1 saturated carbocycles. The molecular formula is C35H40N4O6. The number of carbonyl (C=O) groups excluding carboxylic acids is 2. The molecule has 3 fully saturated rings. The number of ether oxygens (including phenoxy) is 2. The Morgan fingerprint density at radius 1 is 1.04 bits per heavy atom. The number of carboxylic acids is 1. The number of carbonyl (C=O) groups is 3. The second-order valence-corrected chi connectivity index (χ2v) is 13.0. The van der Waals surface area contributed by atoms with Crippen molar-refractivity contribution in [1.29, 1.82) is 0 Å². The summed E-state index contributed by atoms with van der Waals surface area (Å²) in [6, 6.07) is 13.6. The number of nitrogens with zero attached hydrogens (tertiary/aromatic N) is 3. The van der Waals surface area contributed by atoms with Crippen molar-refractivity contribution in [2.24, 2.45) is 5.73 Å². The van der Waals surface area contributed by atoms with Crippen LogP contribution in [0.2, 0.25) is 0 Å². The molecular weight excluding hydrogens is 572 g/mol. The number of hydrogen-bond donors (Lipinski definition) is 2. The zero-order valence-corrected chi connectivity index (χ0v) is 25.5. The van der Waals surface area contributed by atoms with E-state index in [2.05, 4.69) is 29.2 Å². The Kier molecular flexibility index (Phi) is 8.18. The molecule has 10 nitrogen and oxygen atoms in total.